The van der Waals surface area contributed by atoms with Crippen LogP contribution in [0, 0.1) is 5.82 Å². The number of amides is 2. The van der Waals surface area contributed by atoms with Gasteiger partial charge in [-0.05, 0) is 55.3 Å². The molecule has 0 spiro atoms. The van der Waals surface area contributed by atoms with Crippen molar-refractivity contribution in [3.63, 3.8) is 0 Å². The molecule has 2 amide bonds. The van der Waals surface area contributed by atoms with Crippen molar-refractivity contribution in [3.8, 4) is 11.5 Å². The van der Waals surface area contributed by atoms with Gasteiger partial charge in [0.1, 0.15) is 23.0 Å². The molecular formula is C27H25FN2O4. The van der Waals surface area contributed by atoms with E-state index in [1.165, 1.54) is 24.3 Å². The fourth-order valence-electron chi connectivity index (χ4n) is 3.67. The fourth-order valence-corrected chi connectivity index (χ4v) is 3.67. The van der Waals surface area contributed by atoms with Crippen LogP contribution in [0.3, 0.4) is 0 Å². The van der Waals surface area contributed by atoms with Gasteiger partial charge in [-0.15, -0.1) is 0 Å². The van der Waals surface area contributed by atoms with Gasteiger partial charge in [0.2, 0.25) is 0 Å². The molecular weight excluding hydrogens is 435 g/mol. The highest BCUT2D eigenvalue weighted by molar-refractivity contribution is 6.46. The van der Waals surface area contributed by atoms with E-state index in [0.717, 1.165) is 11.3 Å². The number of halogens is 1. The van der Waals surface area contributed by atoms with Crippen LogP contribution in [-0.4, -0.2) is 25.0 Å². The van der Waals surface area contributed by atoms with Crippen LogP contribution in [0.25, 0.3) is 5.57 Å². The Labute approximate surface area is 197 Å². The number of ether oxygens (including phenoxy) is 2. The average Bonchev–Trinajstić information content (AvgIpc) is 3.08. The molecule has 174 valence electrons. The van der Waals surface area contributed by atoms with E-state index in [2.05, 4.69) is 5.32 Å². The molecule has 0 bridgehead atoms. The summed E-state index contributed by atoms with van der Waals surface area (Å²) in [6.07, 6.45) is 0.830. The van der Waals surface area contributed by atoms with Crippen molar-refractivity contribution in [1.29, 1.82) is 0 Å². The maximum absolute atomic E-state index is 13.6. The summed E-state index contributed by atoms with van der Waals surface area (Å²) in [7, 11) is 0. The van der Waals surface area contributed by atoms with E-state index in [9.17, 15) is 14.0 Å². The van der Waals surface area contributed by atoms with E-state index in [4.69, 9.17) is 9.47 Å². The molecule has 0 fully saturated rings. The van der Waals surface area contributed by atoms with Gasteiger partial charge in [-0.25, -0.2) is 9.29 Å². The zero-order chi connectivity index (χ0) is 24.1. The van der Waals surface area contributed by atoms with Crippen LogP contribution < -0.4 is 19.7 Å². The molecule has 1 heterocycles. The maximum Gasteiger partial charge on any atom is 0.282 e. The summed E-state index contributed by atoms with van der Waals surface area (Å²) in [5.74, 6) is -0.260. The molecule has 0 aromatic heterocycles. The van der Waals surface area contributed by atoms with Gasteiger partial charge in [0.25, 0.3) is 11.8 Å². The highest BCUT2D eigenvalue weighted by atomic mass is 19.1. The van der Waals surface area contributed by atoms with Crippen LogP contribution in [0.15, 0.2) is 78.5 Å². The minimum absolute atomic E-state index is 0.102. The van der Waals surface area contributed by atoms with Crippen molar-refractivity contribution in [1.82, 2.24) is 0 Å². The molecule has 6 nitrogen and oxygen atoms in total. The molecule has 0 saturated heterocycles. The molecule has 34 heavy (non-hydrogen) atoms. The van der Waals surface area contributed by atoms with Gasteiger partial charge in [-0.2, -0.15) is 0 Å². The van der Waals surface area contributed by atoms with Crippen LogP contribution in [0.2, 0.25) is 0 Å². The van der Waals surface area contributed by atoms with Crippen molar-refractivity contribution in [2.45, 2.75) is 20.3 Å². The van der Waals surface area contributed by atoms with E-state index in [0.29, 0.717) is 41.7 Å². The number of imide groups is 1. The lowest BCUT2D eigenvalue weighted by atomic mass is 10.0. The summed E-state index contributed by atoms with van der Waals surface area (Å²) in [4.78, 5) is 28.2. The molecule has 0 saturated carbocycles. The Morgan fingerprint density at radius 3 is 2.26 bits per heavy atom. The first-order valence-corrected chi connectivity index (χ1v) is 11.1. The monoisotopic (exact) mass is 460 g/mol. The van der Waals surface area contributed by atoms with Gasteiger partial charge in [0, 0.05) is 17.8 Å². The number of benzene rings is 3. The summed E-state index contributed by atoms with van der Waals surface area (Å²) >= 11 is 0. The first-order chi connectivity index (χ1) is 16.5. The molecule has 1 N–H and O–H groups in total. The van der Waals surface area contributed by atoms with Crippen molar-refractivity contribution in [2.75, 3.05) is 23.4 Å². The summed E-state index contributed by atoms with van der Waals surface area (Å²) in [5, 5.41) is 3.09. The number of carbonyl (C=O) groups excluding carboxylic acids is 2. The second-order valence-corrected chi connectivity index (χ2v) is 7.63. The molecule has 1 aliphatic rings. The third-order valence-electron chi connectivity index (χ3n) is 5.18. The zero-order valence-corrected chi connectivity index (χ0v) is 19.0. The Morgan fingerprint density at radius 1 is 0.853 bits per heavy atom. The molecule has 4 rings (SSSR count). The normalized spacial score (nSPS) is 13.4. The number of nitrogens with one attached hydrogen (secondary N) is 1. The number of rotatable bonds is 9. The number of hydrogen-bond acceptors (Lipinski definition) is 5. The number of nitrogens with zero attached hydrogens (tertiary/aromatic N) is 1. The molecule has 0 unspecified atom stereocenters. The van der Waals surface area contributed by atoms with E-state index < -0.39 is 17.6 Å². The third-order valence-corrected chi connectivity index (χ3v) is 5.18. The molecule has 0 radical (unpaired) electrons. The Bertz CT molecular complexity index is 1240. The van der Waals surface area contributed by atoms with Crippen LogP contribution in [0.1, 0.15) is 25.8 Å². The smallest absolute Gasteiger partial charge is 0.282 e. The van der Waals surface area contributed by atoms with Gasteiger partial charge in [-0.1, -0.05) is 31.2 Å². The van der Waals surface area contributed by atoms with Crippen molar-refractivity contribution in [3.05, 3.63) is 89.9 Å². The Morgan fingerprint density at radius 2 is 1.56 bits per heavy atom. The summed E-state index contributed by atoms with van der Waals surface area (Å²) in [5.41, 5.74) is 1.67. The van der Waals surface area contributed by atoms with Gasteiger partial charge in [-0.3, -0.25) is 9.59 Å². The minimum Gasteiger partial charge on any atom is -0.494 e. The van der Waals surface area contributed by atoms with E-state index >= 15 is 0 Å². The highest BCUT2D eigenvalue weighted by Gasteiger charge is 2.40. The lowest BCUT2D eigenvalue weighted by molar-refractivity contribution is -0.120. The molecule has 1 aliphatic heterocycles. The summed E-state index contributed by atoms with van der Waals surface area (Å²) in [6, 6.07) is 19.4. The van der Waals surface area contributed by atoms with Crippen LogP contribution in [0.4, 0.5) is 15.8 Å². The minimum atomic E-state index is -0.515. The van der Waals surface area contributed by atoms with Crippen LogP contribution >= 0.6 is 0 Å². The molecule has 0 atom stereocenters. The van der Waals surface area contributed by atoms with Gasteiger partial charge >= 0.3 is 0 Å². The summed E-state index contributed by atoms with van der Waals surface area (Å²) < 4.78 is 24.8. The lowest BCUT2D eigenvalue weighted by Gasteiger charge is -2.17. The van der Waals surface area contributed by atoms with Gasteiger partial charge in [0.05, 0.1) is 24.5 Å². The van der Waals surface area contributed by atoms with Crippen molar-refractivity contribution < 1.29 is 23.5 Å². The van der Waals surface area contributed by atoms with Gasteiger partial charge in [0.15, 0.2) is 0 Å². The Kier molecular flexibility index (Phi) is 6.92. The largest absolute Gasteiger partial charge is 0.494 e. The highest BCUT2D eigenvalue weighted by Crippen LogP contribution is 2.35. The Balaban J connectivity index is 1.75. The topological polar surface area (TPSA) is 67.9 Å². The van der Waals surface area contributed by atoms with Crippen molar-refractivity contribution >= 4 is 28.8 Å². The number of anilines is 2. The predicted molar refractivity (Wildman–Crippen MR) is 129 cm³/mol. The number of hydrogen-bond donors (Lipinski definition) is 1. The molecule has 7 heteroatoms. The Hall–Kier alpha value is -4.13. The quantitative estimate of drug-likeness (QED) is 0.433. The summed E-state index contributed by atoms with van der Waals surface area (Å²) in [6.45, 7) is 4.89. The first kappa shape index (κ1) is 23.0. The van der Waals surface area contributed by atoms with E-state index in [-0.39, 0.29) is 11.3 Å². The lowest BCUT2D eigenvalue weighted by Crippen LogP contribution is -2.32. The molecule has 3 aromatic carbocycles. The predicted octanol–water partition coefficient (Wildman–Crippen LogP) is 5.41. The first-order valence-electron chi connectivity index (χ1n) is 11.1. The van der Waals surface area contributed by atoms with Gasteiger partial charge < -0.3 is 14.8 Å². The standard InChI is InChI=1S/C27H25FN2O4/c1-3-15-34-23-10-6-8-21(17-23)30-26(31)24(18-11-13-19(28)14-12-18)25(27(30)32)29-20-7-5-9-22(16-20)33-4-2/h5-14,16-17,29H,3-4,15H2,1-2H3. The van der Waals surface area contributed by atoms with E-state index in [1.807, 2.05) is 13.8 Å². The fraction of sp³-hybridized carbons (Fsp3) is 0.185. The average molecular weight is 461 g/mol. The molecule has 0 aliphatic carbocycles. The zero-order valence-electron chi connectivity index (χ0n) is 19.0. The number of carbonyl (C=O) groups is 2. The second-order valence-electron chi connectivity index (χ2n) is 7.63. The maximum atomic E-state index is 13.6. The van der Waals surface area contributed by atoms with Crippen molar-refractivity contribution in [2.24, 2.45) is 0 Å². The SMILES string of the molecule is CCCOc1cccc(N2C(=O)C(Nc3cccc(OCC)c3)=C(c3ccc(F)cc3)C2=O)c1. The van der Waals surface area contributed by atoms with Crippen LogP contribution in [0.5, 0.6) is 11.5 Å². The second kappa shape index (κ2) is 10.2. The third kappa shape index (κ3) is 4.78. The van der Waals surface area contributed by atoms with Crippen LogP contribution in [-0.2, 0) is 9.59 Å². The van der Waals surface area contributed by atoms with E-state index in [1.54, 1.807) is 48.5 Å². The molecule has 3 aromatic rings.